The predicted molar refractivity (Wildman–Crippen MR) is 71.9 cm³/mol. The average molecular weight is 247 g/mol. The van der Waals surface area contributed by atoms with Crippen molar-refractivity contribution < 1.29 is 9.90 Å². The number of rotatable bonds is 3. The van der Waals surface area contributed by atoms with Crippen molar-refractivity contribution in [1.82, 2.24) is 4.90 Å². The summed E-state index contributed by atoms with van der Waals surface area (Å²) in [6, 6.07) is 6.33. The van der Waals surface area contributed by atoms with Gasteiger partial charge >= 0.3 is 5.97 Å². The summed E-state index contributed by atoms with van der Waals surface area (Å²) in [6.07, 6.45) is 0. The van der Waals surface area contributed by atoms with E-state index in [2.05, 4.69) is 43.9 Å². The van der Waals surface area contributed by atoms with Crippen molar-refractivity contribution in [3.8, 4) is 0 Å². The molecule has 0 aliphatic carbocycles. The van der Waals surface area contributed by atoms with Gasteiger partial charge in [-0.3, -0.25) is 4.79 Å². The number of likely N-dealkylation sites (N-methyl/N-ethyl adjacent to an activating group) is 1. The molecule has 0 bridgehead atoms. The second-order valence-electron chi connectivity index (χ2n) is 5.25. The van der Waals surface area contributed by atoms with E-state index in [1.165, 1.54) is 16.7 Å². The van der Waals surface area contributed by atoms with E-state index in [9.17, 15) is 9.90 Å². The third kappa shape index (κ3) is 2.41. The van der Waals surface area contributed by atoms with Crippen LogP contribution < -0.4 is 0 Å². The summed E-state index contributed by atoms with van der Waals surface area (Å²) in [6.45, 7) is 8.70. The Balaban J connectivity index is 2.29. The third-order valence-corrected chi connectivity index (χ3v) is 4.12. The molecule has 2 rings (SSSR count). The molecular weight excluding hydrogens is 226 g/mol. The number of benzene rings is 1. The topological polar surface area (TPSA) is 40.5 Å². The molecule has 1 fully saturated rings. The van der Waals surface area contributed by atoms with Gasteiger partial charge in [0, 0.05) is 19.0 Å². The highest BCUT2D eigenvalue weighted by molar-refractivity contribution is 5.72. The molecule has 18 heavy (non-hydrogen) atoms. The van der Waals surface area contributed by atoms with Crippen molar-refractivity contribution in [3.05, 3.63) is 34.9 Å². The number of hydrogen-bond acceptors (Lipinski definition) is 2. The molecule has 1 N–H and O–H groups in total. The van der Waals surface area contributed by atoms with E-state index < -0.39 is 5.97 Å². The second kappa shape index (κ2) is 5.11. The van der Waals surface area contributed by atoms with Crippen LogP contribution in [0.25, 0.3) is 0 Å². The molecule has 0 aromatic heterocycles. The maximum atomic E-state index is 11.4. The minimum atomic E-state index is -0.672. The minimum Gasteiger partial charge on any atom is -0.481 e. The first-order chi connectivity index (χ1) is 8.52. The molecule has 1 aromatic rings. The average Bonchev–Trinajstić information content (AvgIpc) is 2.77. The quantitative estimate of drug-likeness (QED) is 0.891. The highest BCUT2D eigenvalue weighted by atomic mass is 16.4. The molecule has 0 saturated carbocycles. The molecule has 2 atom stereocenters. The summed E-state index contributed by atoms with van der Waals surface area (Å²) in [4.78, 5) is 13.6. The van der Waals surface area contributed by atoms with Crippen LogP contribution in [-0.2, 0) is 4.79 Å². The first-order valence-electron chi connectivity index (χ1n) is 6.55. The lowest BCUT2D eigenvalue weighted by atomic mass is 9.87. The number of nitrogens with zero attached hydrogens (tertiary/aromatic N) is 1. The molecule has 0 radical (unpaired) electrons. The lowest BCUT2D eigenvalue weighted by Crippen LogP contribution is -2.23. The lowest BCUT2D eigenvalue weighted by molar-refractivity contribution is -0.141. The highest BCUT2D eigenvalue weighted by Gasteiger charge is 2.37. The largest absolute Gasteiger partial charge is 0.481 e. The van der Waals surface area contributed by atoms with Gasteiger partial charge in [-0.25, -0.2) is 0 Å². The number of likely N-dealkylation sites (tertiary alicyclic amines) is 1. The molecule has 3 nitrogen and oxygen atoms in total. The fourth-order valence-electron chi connectivity index (χ4n) is 2.73. The van der Waals surface area contributed by atoms with Crippen molar-refractivity contribution in [1.29, 1.82) is 0 Å². The Hall–Kier alpha value is -1.35. The molecule has 1 saturated heterocycles. The van der Waals surface area contributed by atoms with Crippen molar-refractivity contribution in [3.63, 3.8) is 0 Å². The Morgan fingerprint density at radius 3 is 2.61 bits per heavy atom. The van der Waals surface area contributed by atoms with Crippen LogP contribution in [0.3, 0.4) is 0 Å². The zero-order valence-corrected chi connectivity index (χ0v) is 11.3. The number of carboxylic acids is 1. The van der Waals surface area contributed by atoms with Gasteiger partial charge in [0.15, 0.2) is 0 Å². The fraction of sp³-hybridized carbons (Fsp3) is 0.533. The number of aliphatic carboxylic acids is 1. The van der Waals surface area contributed by atoms with Crippen molar-refractivity contribution >= 4 is 5.97 Å². The molecule has 1 aliphatic heterocycles. The summed E-state index contributed by atoms with van der Waals surface area (Å²) >= 11 is 0. The second-order valence-corrected chi connectivity index (χ2v) is 5.25. The maximum Gasteiger partial charge on any atom is 0.308 e. The monoisotopic (exact) mass is 247 g/mol. The Morgan fingerprint density at radius 2 is 2.06 bits per heavy atom. The summed E-state index contributed by atoms with van der Waals surface area (Å²) in [5.41, 5.74) is 3.67. The summed E-state index contributed by atoms with van der Waals surface area (Å²) in [5, 5.41) is 9.36. The van der Waals surface area contributed by atoms with Crippen LogP contribution in [0, 0.1) is 19.8 Å². The first-order valence-corrected chi connectivity index (χ1v) is 6.55. The number of aryl methyl sites for hydroxylation is 2. The van der Waals surface area contributed by atoms with E-state index in [4.69, 9.17) is 0 Å². The van der Waals surface area contributed by atoms with Gasteiger partial charge in [-0.15, -0.1) is 0 Å². The smallest absolute Gasteiger partial charge is 0.308 e. The number of hydrogen-bond donors (Lipinski definition) is 1. The van der Waals surface area contributed by atoms with Crippen LogP contribution in [-0.4, -0.2) is 35.6 Å². The Bertz CT molecular complexity index is 456. The normalized spacial score (nSPS) is 24.4. The van der Waals surface area contributed by atoms with Gasteiger partial charge in [-0.05, 0) is 37.1 Å². The SMILES string of the molecule is CCN1CC(C(=O)O)C(c2ccc(C)c(C)c2)C1. The summed E-state index contributed by atoms with van der Waals surface area (Å²) < 4.78 is 0. The fourth-order valence-corrected chi connectivity index (χ4v) is 2.73. The van der Waals surface area contributed by atoms with Gasteiger partial charge in [-0.1, -0.05) is 25.1 Å². The van der Waals surface area contributed by atoms with E-state index in [1.54, 1.807) is 0 Å². The molecule has 98 valence electrons. The molecule has 1 aromatic carbocycles. The molecule has 0 spiro atoms. The first kappa shape index (κ1) is 13.1. The zero-order valence-electron chi connectivity index (χ0n) is 11.3. The molecule has 2 unspecified atom stereocenters. The van der Waals surface area contributed by atoms with Gasteiger partial charge in [-0.2, -0.15) is 0 Å². The zero-order chi connectivity index (χ0) is 13.3. The van der Waals surface area contributed by atoms with E-state index in [0.29, 0.717) is 6.54 Å². The Kier molecular flexibility index (Phi) is 3.71. The van der Waals surface area contributed by atoms with Crippen molar-refractivity contribution in [2.45, 2.75) is 26.7 Å². The standard InChI is InChI=1S/C15H21NO2/c1-4-16-8-13(14(9-16)15(17)18)12-6-5-10(2)11(3)7-12/h5-7,13-14H,4,8-9H2,1-3H3,(H,17,18). The molecule has 3 heteroatoms. The third-order valence-electron chi connectivity index (χ3n) is 4.12. The van der Waals surface area contributed by atoms with E-state index in [0.717, 1.165) is 13.1 Å². The van der Waals surface area contributed by atoms with E-state index in [1.807, 2.05) is 0 Å². The van der Waals surface area contributed by atoms with Gasteiger partial charge in [0.1, 0.15) is 0 Å². The lowest BCUT2D eigenvalue weighted by Gasteiger charge is -2.16. The van der Waals surface area contributed by atoms with Crippen LogP contribution in [0.2, 0.25) is 0 Å². The Labute approximate surface area is 108 Å². The molecule has 1 heterocycles. The predicted octanol–water partition coefficient (Wildman–Crippen LogP) is 2.42. The van der Waals surface area contributed by atoms with Crippen LogP contribution >= 0.6 is 0 Å². The van der Waals surface area contributed by atoms with Crippen LogP contribution in [0.15, 0.2) is 18.2 Å². The van der Waals surface area contributed by atoms with Crippen molar-refractivity contribution in [2.75, 3.05) is 19.6 Å². The van der Waals surface area contributed by atoms with Gasteiger partial charge in [0.25, 0.3) is 0 Å². The van der Waals surface area contributed by atoms with Gasteiger partial charge in [0.05, 0.1) is 5.92 Å². The highest BCUT2D eigenvalue weighted by Crippen LogP contribution is 2.33. The van der Waals surface area contributed by atoms with E-state index >= 15 is 0 Å². The van der Waals surface area contributed by atoms with Gasteiger partial charge < -0.3 is 10.0 Å². The summed E-state index contributed by atoms with van der Waals surface area (Å²) in [5.74, 6) is -0.817. The maximum absolute atomic E-state index is 11.4. The molecular formula is C15H21NO2. The Morgan fingerprint density at radius 1 is 1.33 bits per heavy atom. The van der Waals surface area contributed by atoms with Crippen LogP contribution in [0.4, 0.5) is 0 Å². The van der Waals surface area contributed by atoms with Crippen molar-refractivity contribution in [2.24, 2.45) is 5.92 Å². The minimum absolute atomic E-state index is 0.127. The summed E-state index contributed by atoms with van der Waals surface area (Å²) in [7, 11) is 0. The van der Waals surface area contributed by atoms with Crippen LogP contribution in [0.1, 0.15) is 29.5 Å². The van der Waals surface area contributed by atoms with Gasteiger partial charge in [0.2, 0.25) is 0 Å². The van der Waals surface area contributed by atoms with E-state index in [-0.39, 0.29) is 11.8 Å². The number of carbonyl (C=O) groups is 1. The van der Waals surface area contributed by atoms with Crippen LogP contribution in [0.5, 0.6) is 0 Å². The number of carboxylic acid groups (broad SMARTS) is 1. The molecule has 1 aliphatic rings. The molecule has 0 amide bonds.